The van der Waals surface area contributed by atoms with Crippen LogP contribution in [0.25, 0.3) is 0 Å². The Morgan fingerprint density at radius 3 is 2.56 bits per heavy atom. The van der Waals surface area contributed by atoms with E-state index in [1.54, 1.807) is 30.3 Å². The van der Waals surface area contributed by atoms with Crippen molar-refractivity contribution in [3.63, 3.8) is 0 Å². The van der Waals surface area contributed by atoms with Crippen LogP contribution in [0.4, 0.5) is 3.89 Å². The summed E-state index contributed by atoms with van der Waals surface area (Å²) in [6, 6.07) is 8.59. The first-order valence-electron chi connectivity index (χ1n) is 5.76. The lowest BCUT2D eigenvalue weighted by Gasteiger charge is -2.30. The molecule has 4 nitrogen and oxygen atoms in total. The highest BCUT2D eigenvalue weighted by Gasteiger charge is 2.32. The first-order valence-corrected chi connectivity index (χ1v) is 7.21. The number of carbonyl (C=O) groups excluding carboxylic acids is 1. The average molecular weight is 271 g/mol. The molecule has 1 atom stereocenters. The van der Waals surface area contributed by atoms with Crippen LogP contribution in [0, 0.1) is 0 Å². The molecule has 1 aromatic rings. The van der Waals surface area contributed by atoms with E-state index in [1.807, 2.05) is 0 Å². The molecule has 1 unspecified atom stereocenters. The number of piperidine rings is 1. The highest BCUT2D eigenvalue weighted by Crippen LogP contribution is 2.20. The van der Waals surface area contributed by atoms with Gasteiger partial charge in [0.2, 0.25) is 0 Å². The summed E-state index contributed by atoms with van der Waals surface area (Å²) in [6.07, 6.45) is 0.782. The van der Waals surface area contributed by atoms with Gasteiger partial charge in [-0.2, -0.15) is 8.42 Å². The third-order valence-electron chi connectivity index (χ3n) is 3.08. The highest BCUT2D eigenvalue weighted by molar-refractivity contribution is 7.87. The number of halogens is 1. The minimum absolute atomic E-state index is 0.0629. The predicted octanol–water partition coefficient (Wildman–Crippen LogP) is 1.59. The van der Waals surface area contributed by atoms with Gasteiger partial charge in [-0.15, -0.1) is 3.89 Å². The van der Waals surface area contributed by atoms with Crippen molar-refractivity contribution in [1.29, 1.82) is 0 Å². The van der Waals surface area contributed by atoms with Gasteiger partial charge in [0.1, 0.15) is 5.25 Å². The first-order chi connectivity index (χ1) is 8.48. The van der Waals surface area contributed by atoms with Crippen molar-refractivity contribution in [2.45, 2.75) is 18.1 Å². The van der Waals surface area contributed by atoms with Gasteiger partial charge in [-0.25, -0.2) is 0 Å². The molecule has 0 aliphatic carbocycles. The van der Waals surface area contributed by atoms with E-state index in [0.29, 0.717) is 18.5 Å². The minimum Gasteiger partial charge on any atom is -0.337 e. The number of amides is 1. The van der Waals surface area contributed by atoms with Crippen LogP contribution in [-0.2, 0) is 10.2 Å². The molecule has 6 heteroatoms. The summed E-state index contributed by atoms with van der Waals surface area (Å²) < 4.78 is 34.7. The lowest BCUT2D eigenvalue weighted by molar-refractivity contribution is 0.0726. The summed E-state index contributed by atoms with van der Waals surface area (Å²) in [5.41, 5.74) is 0.495. The van der Waals surface area contributed by atoms with Gasteiger partial charge in [-0.1, -0.05) is 18.2 Å². The molecule has 1 heterocycles. The monoisotopic (exact) mass is 271 g/mol. The Bertz CT molecular complexity index is 530. The zero-order valence-corrected chi connectivity index (χ0v) is 10.6. The van der Waals surface area contributed by atoms with E-state index in [4.69, 9.17) is 0 Å². The van der Waals surface area contributed by atoms with Crippen LogP contribution in [0.3, 0.4) is 0 Å². The molecule has 1 aromatic carbocycles. The molecular weight excluding hydrogens is 257 g/mol. The molecule has 1 saturated heterocycles. The Balaban J connectivity index is 2.13. The van der Waals surface area contributed by atoms with E-state index in [9.17, 15) is 17.1 Å². The predicted molar refractivity (Wildman–Crippen MR) is 65.4 cm³/mol. The molecule has 0 aromatic heterocycles. The molecule has 1 aliphatic heterocycles. The Labute approximate surface area is 106 Å². The van der Waals surface area contributed by atoms with E-state index >= 15 is 0 Å². The van der Waals surface area contributed by atoms with Crippen LogP contribution in [0.2, 0.25) is 0 Å². The van der Waals surface area contributed by atoms with Gasteiger partial charge in [0, 0.05) is 18.7 Å². The number of rotatable bonds is 2. The fourth-order valence-electron chi connectivity index (χ4n) is 2.12. The van der Waals surface area contributed by atoms with Gasteiger partial charge in [0.05, 0.1) is 0 Å². The van der Waals surface area contributed by atoms with Gasteiger partial charge < -0.3 is 4.90 Å². The van der Waals surface area contributed by atoms with Crippen molar-refractivity contribution >= 4 is 16.1 Å². The van der Waals surface area contributed by atoms with Crippen molar-refractivity contribution in [1.82, 2.24) is 4.90 Å². The number of likely N-dealkylation sites (tertiary alicyclic amines) is 1. The second-order valence-corrected chi connectivity index (χ2v) is 5.97. The average Bonchev–Trinajstić information content (AvgIpc) is 2.38. The van der Waals surface area contributed by atoms with Crippen LogP contribution >= 0.6 is 0 Å². The molecule has 0 N–H and O–H groups in total. The quantitative estimate of drug-likeness (QED) is 0.768. The van der Waals surface area contributed by atoms with Crippen LogP contribution in [-0.4, -0.2) is 37.6 Å². The SMILES string of the molecule is O=C(c1ccccc1)N1CCCC(S(=O)(=O)F)C1. The minimum atomic E-state index is -4.57. The highest BCUT2D eigenvalue weighted by atomic mass is 32.3. The standard InChI is InChI=1S/C12H14FNO3S/c13-18(16,17)11-7-4-8-14(9-11)12(15)10-5-2-1-3-6-10/h1-3,5-6,11H,4,7-9H2. The first kappa shape index (κ1) is 13.0. The summed E-state index contributed by atoms with van der Waals surface area (Å²) >= 11 is 0. The van der Waals surface area contributed by atoms with Crippen LogP contribution in [0.1, 0.15) is 23.2 Å². The Morgan fingerprint density at radius 2 is 1.94 bits per heavy atom. The van der Waals surface area contributed by atoms with Crippen molar-refractivity contribution in [2.75, 3.05) is 13.1 Å². The van der Waals surface area contributed by atoms with Crippen molar-refractivity contribution in [2.24, 2.45) is 0 Å². The normalized spacial score (nSPS) is 20.7. The number of hydrogen-bond acceptors (Lipinski definition) is 3. The fourth-order valence-corrected chi connectivity index (χ4v) is 2.92. The third-order valence-corrected chi connectivity index (χ3v) is 4.27. The molecule has 1 fully saturated rings. The fraction of sp³-hybridized carbons (Fsp3) is 0.417. The molecule has 1 aliphatic rings. The number of nitrogens with zero attached hydrogens (tertiary/aromatic N) is 1. The molecule has 98 valence electrons. The lowest BCUT2D eigenvalue weighted by atomic mass is 10.1. The second kappa shape index (κ2) is 5.06. The van der Waals surface area contributed by atoms with Gasteiger partial charge >= 0.3 is 10.2 Å². The van der Waals surface area contributed by atoms with E-state index in [0.717, 1.165) is 0 Å². The number of benzene rings is 1. The summed E-state index contributed by atoms with van der Waals surface area (Å²) in [4.78, 5) is 13.5. The summed E-state index contributed by atoms with van der Waals surface area (Å²) in [5, 5.41) is -1.08. The molecule has 18 heavy (non-hydrogen) atoms. The largest absolute Gasteiger partial charge is 0.337 e. The van der Waals surface area contributed by atoms with E-state index in [1.165, 1.54) is 4.90 Å². The molecule has 0 bridgehead atoms. The topological polar surface area (TPSA) is 54.5 Å². The van der Waals surface area contributed by atoms with Gasteiger partial charge in [0.25, 0.3) is 5.91 Å². The Morgan fingerprint density at radius 1 is 1.28 bits per heavy atom. The maximum atomic E-state index is 12.9. The van der Waals surface area contributed by atoms with Crippen LogP contribution in [0.5, 0.6) is 0 Å². The van der Waals surface area contributed by atoms with Crippen molar-refractivity contribution in [3.05, 3.63) is 35.9 Å². The van der Waals surface area contributed by atoms with E-state index in [2.05, 4.69) is 0 Å². The summed E-state index contributed by atoms with van der Waals surface area (Å²) in [6.45, 7) is 0.409. The Kier molecular flexibility index (Phi) is 3.65. The van der Waals surface area contributed by atoms with Crippen LogP contribution < -0.4 is 0 Å². The maximum absolute atomic E-state index is 12.9. The molecule has 0 saturated carbocycles. The molecule has 2 rings (SSSR count). The summed E-state index contributed by atoms with van der Waals surface area (Å²) in [5.74, 6) is -0.246. The van der Waals surface area contributed by atoms with Crippen molar-refractivity contribution in [3.8, 4) is 0 Å². The van der Waals surface area contributed by atoms with Gasteiger partial charge in [-0.05, 0) is 25.0 Å². The lowest BCUT2D eigenvalue weighted by Crippen LogP contribution is -2.44. The van der Waals surface area contributed by atoms with Crippen molar-refractivity contribution < 1.29 is 17.1 Å². The molecule has 0 spiro atoms. The van der Waals surface area contributed by atoms with E-state index < -0.39 is 15.5 Å². The molecule has 1 amide bonds. The Hall–Kier alpha value is -1.43. The zero-order valence-electron chi connectivity index (χ0n) is 9.75. The number of carbonyl (C=O) groups is 1. The third kappa shape index (κ3) is 2.87. The van der Waals surface area contributed by atoms with Crippen LogP contribution in [0.15, 0.2) is 30.3 Å². The maximum Gasteiger partial charge on any atom is 0.307 e. The van der Waals surface area contributed by atoms with Gasteiger partial charge in [0.15, 0.2) is 0 Å². The summed E-state index contributed by atoms with van der Waals surface area (Å²) in [7, 11) is -4.57. The second-order valence-electron chi connectivity index (χ2n) is 4.36. The molecular formula is C12H14FNO3S. The van der Waals surface area contributed by atoms with E-state index in [-0.39, 0.29) is 18.9 Å². The number of hydrogen-bond donors (Lipinski definition) is 0. The zero-order chi connectivity index (χ0) is 13.2. The smallest absolute Gasteiger partial charge is 0.307 e. The van der Waals surface area contributed by atoms with Gasteiger partial charge in [-0.3, -0.25) is 4.79 Å². The molecule has 0 radical (unpaired) electrons.